The summed E-state index contributed by atoms with van der Waals surface area (Å²) in [6.45, 7) is 0.784. The van der Waals surface area contributed by atoms with Crippen LogP contribution in [0.2, 0.25) is 0 Å². The minimum atomic E-state index is -0.890. The first-order valence-electron chi connectivity index (χ1n) is 6.38. The van der Waals surface area contributed by atoms with Crippen molar-refractivity contribution in [3.8, 4) is 0 Å². The van der Waals surface area contributed by atoms with E-state index in [1.54, 1.807) is 12.1 Å². The molecule has 0 radical (unpaired) electrons. The molecule has 3 nitrogen and oxygen atoms in total. The van der Waals surface area contributed by atoms with Crippen LogP contribution in [-0.4, -0.2) is 28.6 Å². The van der Waals surface area contributed by atoms with Crippen LogP contribution < -0.4 is 5.32 Å². The number of hydrogen-bond acceptors (Lipinski definition) is 3. The molecule has 1 aromatic carbocycles. The summed E-state index contributed by atoms with van der Waals surface area (Å²) in [6, 6.07) is 5.78. The molecule has 0 heterocycles. The van der Waals surface area contributed by atoms with Crippen molar-refractivity contribution >= 4 is 33.7 Å². The molecule has 1 aromatic rings. The Labute approximate surface area is 126 Å². The van der Waals surface area contributed by atoms with Crippen LogP contribution in [0, 0.1) is 0 Å². The van der Waals surface area contributed by atoms with Crippen LogP contribution in [0.3, 0.4) is 0 Å². The molecule has 5 heteroatoms. The van der Waals surface area contributed by atoms with Gasteiger partial charge in [0, 0.05) is 22.3 Å². The maximum Gasteiger partial charge on any atom is 0.335 e. The molecule has 19 heavy (non-hydrogen) atoms. The first-order chi connectivity index (χ1) is 9.10. The average molecular weight is 344 g/mol. The van der Waals surface area contributed by atoms with Gasteiger partial charge in [-0.05, 0) is 43.2 Å². The van der Waals surface area contributed by atoms with E-state index in [1.165, 1.54) is 19.3 Å². The normalized spacial score (nSPS) is 22.6. The Balaban J connectivity index is 1.91. The first-order valence-corrected chi connectivity index (χ1v) is 8.46. The molecular weight excluding hydrogens is 326 g/mol. The minimum Gasteiger partial charge on any atom is -0.478 e. The van der Waals surface area contributed by atoms with Gasteiger partial charge in [0.05, 0.1) is 5.56 Å². The fraction of sp³-hybridized carbons (Fsp3) is 0.500. The van der Waals surface area contributed by atoms with Crippen molar-refractivity contribution in [3.05, 3.63) is 33.8 Å². The predicted molar refractivity (Wildman–Crippen MR) is 82.9 cm³/mol. The number of hydrogen-bond donors (Lipinski definition) is 2. The number of rotatable bonds is 5. The highest BCUT2D eigenvalue weighted by Gasteiger charge is 2.23. The third kappa shape index (κ3) is 3.97. The summed E-state index contributed by atoms with van der Waals surface area (Å²) < 4.78 is 0.860. The van der Waals surface area contributed by atoms with Gasteiger partial charge in [0.2, 0.25) is 0 Å². The number of benzene rings is 1. The molecule has 104 valence electrons. The number of nitrogens with one attached hydrogen (secondary N) is 1. The van der Waals surface area contributed by atoms with Gasteiger partial charge in [-0.25, -0.2) is 4.79 Å². The lowest BCUT2D eigenvalue weighted by Gasteiger charge is -2.14. The summed E-state index contributed by atoms with van der Waals surface area (Å²) in [6.07, 6.45) is 5.93. The molecule has 0 aliphatic heterocycles. The topological polar surface area (TPSA) is 49.3 Å². The van der Waals surface area contributed by atoms with E-state index in [0.29, 0.717) is 11.6 Å². The molecule has 0 bridgehead atoms. The summed E-state index contributed by atoms with van der Waals surface area (Å²) in [4.78, 5) is 10.9. The van der Waals surface area contributed by atoms with Gasteiger partial charge < -0.3 is 10.4 Å². The summed E-state index contributed by atoms with van der Waals surface area (Å²) >= 11 is 5.39. The van der Waals surface area contributed by atoms with Crippen molar-refractivity contribution in [2.75, 3.05) is 6.26 Å². The van der Waals surface area contributed by atoms with Crippen molar-refractivity contribution < 1.29 is 9.90 Å². The van der Waals surface area contributed by atoms with Gasteiger partial charge >= 0.3 is 5.97 Å². The zero-order chi connectivity index (χ0) is 13.8. The Morgan fingerprint density at radius 2 is 2.32 bits per heavy atom. The lowest BCUT2D eigenvalue weighted by molar-refractivity contribution is 0.0697. The van der Waals surface area contributed by atoms with Crippen molar-refractivity contribution in [2.45, 2.75) is 37.1 Å². The van der Waals surface area contributed by atoms with Crippen molar-refractivity contribution in [1.82, 2.24) is 5.32 Å². The van der Waals surface area contributed by atoms with Crippen molar-refractivity contribution in [1.29, 1.82) is 0 Å². The van der Waals surface area contributed by atoms with Gasteiger partial charge in [-0.2, -0.15) is 11.8 Å². The number of thioether (sulfide) groups is 1. The SMILES string of the molecule is CSC1CCC(NCc2ccc(C(=O)O)cc2Br)C1. The highest BCUT2D eigenvalue weighted by molar-refractivity contribution is 9.10. The van der Waals surface area contributed by atoms with E-state index in [2.05, 4.69) is 27.5 Å². The van der Waals surface area contributed by atoms with Crippen molar-refractivity contribution in [3.63, 3.8) is 0 Å². The Hall–Kier alpha value is -0.520. The summed E-state index contributed by atoms with van der Waals surface area (Å²) in [5.41, 5.74) is 1.43. The first kappa shape index (κ1) is 14.9. The molecule has 0 saturated heterocycles. The van der Waals surface area contributed by atoms with Crippen LogP contribution in [-0.2, 0) is 6.54 Å². The molecular formula is C14H18BrNO2S. The Bertz CT molecular complexity index is 467. The number of carboxylic acid groups (broad SMARTS) is 1. The molecule has 0 spiro atoms. The number of carboxylic acids is 1. The molecule has 2 unspecified atom stereocenters. The predicted octanol–water partition coefficient (Wildman–Crippen LogP) is 3.52. The van der Waals surface area contributed by atoms with E-state index < -0.39 is 5.97 Å². The lowest BCUT2D eigenvalue weighted by Crippen LogP contribution is -2.26. The molecule has 2 atom stereocenters. The van der Waals surface area contributed by atoms with E-state index >= 15 is 0 Å². The van der Waals surface area contributed by atoms with E-state index in [1.807, 2.05) is 17.8 Å². The van der Waals surface area contributed by atoms with Crippen LogP contribution in [0.4, 0.5) is 0 Å². The Morgan fingerprint density at radius 1 is 1.53 bits per heavy atom. The smallest absolute Gasteiger partial charge is 0.335 e. The third-order valence-electron chi connectivity index (χ3n) is 3.60. The van der Waals surface area contributed by atoms with Gasteiger partial charge in [0.25, 0.3) is 0 Å². The number of halogens is 1. The van der Waals surface area contributed by atoms with E-state index in [9.17, 15) is 4.79 Å². The summed E-state index contributed by atoms with van der Waals surface area (Å²) in [5.74, 6) is -0.890. The van der Waals surface area contributed by atoms with Gasteiger partial charge in [-0.15, -0.1) is 0 Å². The van der Waals surface area contributed by atoms with Crippen LogP contribution in [0.15, 0.2) is 22.7 Å². The highest BCUT2D eigenvalue weighted by Crippen LogP contribution is 2.28. The second kappa shape index (κ2) is 6.77. The van der Waals surface area contributed by atoms with E-state index in [4.69, 9.17) is 5.11 Å². The fourth-order valence-corrected chi connectivity index (χ4v) is 3.73. The quantitative estimate of drug-likeness (QED) is 0.858. The zero-order valence-electron chi connectivity index (χ0n) is 10.9. The monoisotopic (exact) mass is 343 g/mol. The molecule has 0 aromatic heterocycles. The highest BCUT2D eigenvalue weighted by atomic mass is 79.9. The molecule has 0 amide bonds. The van der Waals surface area contributed by atoms with Crippen LogP contribution in [0.25, 0.3) is 0 Å². The van der Waals surface area contributed by atoms with Crippen LogP contribution in [0.1, 0.15) is 35.2 Å². The van der Waals surface area contributed by atoms with Gasteiger partial charge in [0.1, 0.15) is 0 Å². The number of aromatic carboxylic acids is 1. The third-order valence-corrected chi connectivity index (χ3v) is 5.43. The molecule has 1 fully saturated rings. The Morgan fingerprint density at radius 3 is 2.89 bits per heavy atom. The summed E-state index contributed by atoms with van der Waals surface area (Å²) in [5, 5.41) is 13.3. The van der Waals surface area contributed by atoms with E-state index in [-0.39, 0.29) is 0 Å². The minimum absolute atomic E-state index is 0.318. The second-order valence-electron chi connectivity index (χ2n) is 4.86. The largest absolute Gasteiger partial charge is 0.478 e. The molecule has 1 aliphatic carbocycles. The van der Waals surface area contributed by atoms with Crippen LogP contribution >= 0.6 is 27.7 Å². The van der Waals surface area contributed by atoms with Gasteiger partial charge in [-0.3, -0.25) is 0 Å². The molecule has 1 aliphatic rings. The van der Waals surface area contributed by atoms with Crippen molar-refractivity contribution in [2.24, 2.45) is 0 Å². The second-order valence-corrected chi connectivity index (χ2v) is 6.85. The van der Waals surface area contributed by atoms with E-state index in [0.717, 1.165) is 21.8 Å². The number of carbonyl (C=O) groups is 1. The Kier molecular flexibility index (Phi) is 5.30. The maximum absolute atomic E-state index is 10.9. The molecule has 1 saturated carbocycles. The molecule has 2 N–H and O–H groups in total. The fourth-order valence-electron chi connectivity index (χ4n) is 2.42. The average Bonchev–Trinajstić information content (AvgIpc) is 2.85. The molecule has 2 rings (SSSR count). The van der Waals surface area contributed by atoms with Gasteiger partial charge in [-0.1, -0.05) is 22.0 Å². The standard InChI is InChI=1S/C14H18BrNO2S/c1-19-12-5-4-11(7-12)16-8-10-3-2-9(14(17)18)6-13(10)15/h2-3,6,11-12,16H,4-5,7-8H2,1H3,(H,17,18). The van der Waals surface area contributed by atoms with Gasteiger partial charge in [0.15, 0.2) is 0 Å². The summed E-state index contributed by atoms with van der Waals surface area (Å²) in [7, 11) is 0. The maximum atomic E-state index is 10.9. The van der Waals surface area contributed by atoms with Crippen LogP contribution in [0.5, 0.6) is 0 Å². The lowest BCUT2D eigenvalue weighted by atomic mass is 10.1. The zero-order valence-corrected chi connectivity index (χ0v) is 13.3.